The van der Waals surface area contributed by atoms with Gasteiger partial charge in [0, 0.05) is 15.6 Å². The van der Waals surface area contributed by atoms with Gasteiger partial charge in [-0.05, 0) is 31.2 Å². The summed E-state index contributed by atoms with van der Waals surface area (Å²) in [5.74, 6) is 0. The largest absolute Gasteiger partial charge is 0.259 e. The average Bonchev–Trinajstić information content (AvgIpc) is 2.75. The molecule has 2 aromatic heterocycles. The number of benzene rings is 1. The zero-order chi connectivity index (χ0) is 11.8. The van der Waals surface area contributed by atoms with Gasteiger partial charge in [0.1, 0.15) is 0 Å². The van der Waals surface area contributed by atoms with Gasteiger partial charge in [0.25, 0.3) is 0 Å². The maximum atomic E-state index is 4.40. The Morgan fingerprint density at radius 3 is 2.76 bits per heavy atom. The number of aryl methyl sites for hydroxylation is 1. The van der Waals surface area contributed by atoms with Crippen LogP contribution in [0, 0.1) is 6.92 Å². The minimum absolute atomic E-state index is 0.976. The quantitative estimate of drug-likeness (QED) is 0.686. The normalized spacial score (nSPS) is 10.9. The molecule has 0 aliphatic carbocycles. The first kappa shape index (κ1) is 10.5. The smallest absolute Gasteiger partial charge is 0.0836 e. The van der Waals surface area contributed by atoms with E-state index in [-0.39, 0.29) is 0 Å². The number of nitrogens with zero attached hydrogens (tertiary/aromatic N) is 3. The summed E-state index contributed by atoms with van der Waals surface area (Å²) in [7, 11) is 0. The van der Waals surface area contributed by atoms with Crippen LogP contribution in [0.5, 0.6) is 0 Å². The van der Waals surface area contributed by atoms with Crippen molar-refractivity contribution in [3.8, 4) is 5.69 Å². The first-order valence-electron chi connectivity index (χ1n) is 5.31. The summed E-state index contributed by atoms with van der Waals surface area (Å²) < 4.78 is 2.95. The molecule has 0 amide bonds. The van der Waals surface area contributed by atoms with Crippen LogP contribution in [0.2, 0.25) is 0 Å². The molecule has 17 heavy (non-hydrogen) atoms. The van der Waals surface area contributed by atoms with Gasteiger partial charge >= 0.3 is 0 Å². The number of hydrogen-bond donors (Lipinski definition) is 0. The van der Waals surface area contributed by atoms with E-state index in [1.165, 1.54) is 0 Å². The Balaban J connectivity index is 2.24. The van der Waals surface area contributed by atoms with Crippen LogP contribution in [-0.2, 0) is 0 Å². The highest BCUT2D eigenvalue weighted by molar-refractivity contribution is 9.10. The summed E-state index contributed by atoms with van der Waals surface area (Å²) in [6.45, 7) is 1.97. The van der Waals surface area contributed by atoms with Gasteiger partial charge in [-0.2, -0.15) is 5.10 Å². The van der Waals surface area contributed by atoms with E-state index in [0.29, 0.717) is 0 Å². The third-order valence-corrected chi connectivity index (χ3v) is 3.39. The van der Waals surface area contributed by atoms with Crippen molar-refractivity contribution in [1.82, 2.24) is 14.8 Å². The van der Waals surface area contributed by atoms with Gasteiger partial charge in [0.2, 0.25) is 0 Å². The number of rotatable bonds is 1. The molecule has 3 nitrogen and oxygen atoms in total. The Morgan fingerprint density at radius 1 is 1.12 bits per heavy atom. The van der Waals surface area contributed by atoms with Gasteiger partial charge in [-0.15, -0.1) is 0 Å². The summed E-state index contributed by atoms with van der Waals surface area (Å²) in [5, 5.41) is 5.51. The van der Waals surface area contributed by atoms with Crippen molar-refractivity contribution in [1.29, 1.82) is 0 Å². The molecule has 0 atom stereocenters. The highest BCUT2D eigenvalue weighted by Gasteiger charge is 2.06. The fourth-order valence-electron chi connectivity index (χ4n) is 1.81. The summed E-state index contributed by atoms with van der Waals surface area (Å²) in [6.07, 6.45) is 3.70. The second-order valence-corrected chi connectivity index (χ2v) is 4.74. The lowest BCUT2D eigenvalue weighted by atomic mass is 10.2. The lowest BCUT2D eigenvalue weighted by Crippen LogP contribution is -1.96. The van der Waals surface area contributed by atoms with Crippen molar-refractivity contribution in [2.24, 2.45) is 0 Å². The second-order valence-electron chi connectivity index (χ2n) is 3.89. The third kappa shape index (κ3) is 1.74. The lowest BCUT2D eigenvalue weighted by Gasteiger charge is -2.03. The molecule has 3 rings (SSSR count). The predicted molar refractivity (Wildman–Crippen MR) is 71.3 cm³/mol. The lowest BCUT2D eigenvalue weighted by molar-refractivity contribution is 0.900. The van der Waals surface area contributed by atoms with Crippen LogP contribution < -0.4 is 0 Å². The molecule has 0 aliphatic heterocycles. The van der Waals surface area contributed by atoms with Crippen LogP contribution in [0.1, 0.15) is 5.69 Å². The van der Waals surface area contributed by atoms with Gasteiger partial charge in [-0.1, -0.05) is 22.0 Å². The van der Waals surface area contributed by atoms with Crippen LogP contribution in [0.3, 0.4) is 0 Å². The summed E-state index contributed by atoms with van der Waals surface area (Å²) in [6, 6.07) is 10.1. The minimum Gasteiger partial charge on any atom is -0.259 e. The van der Waals surface area contributed by atoms with Gasteiger partial charge in [0.05, 0.1) is 23.6 Å². The van der Waals surface area contributed by atoms with Crippen molar-refractivity contribution in [3.63, 3.8) is 0 Å². The molecule has 0 radical (unpaired) electrons. The van der Waals surface area contributed by atoms with Crippen molar-refractivity contribution in [2.75, 3.05) is 0 Å². The van der Waals surface area contributed by atoms with Crippen LogP contribution >= 0.6 is 15.9 Å². The highest BCUT2D eigenvalue weighted by Crippen LogP contribution is 2.25. The number of fused-ring (bicyclic) bond motifs is 1. The summed E-state index contributed by atoms with van der Waals surface area (Å²) in [5.41, 5.74) is 3.06. The van der Waals surface area contributed by atoms with E-state index in [1.54, 1.807) is 0 Å². The molecule has 1 aromatic carbocycles. The van der Waals surface area contributed by atoms with E-state index in [4.69, 9.17) is 0 Å². The highest BCUT2D eigenvalue weighted by atomic mass is 79.9. The molecular weight excluding hydrogens is 278 g/mol. The van der Waals surface area contributed by atoms with Crippen LogP contribution in [0.15, 0.2) is 47.2 Å². The fraction of sp³-hybridized carbons (Fsp3) is 0.0769. The maximum absolute atomic E-state index is 4.40. The first-order chi connectivity index (χ1) is 8.25. The summed E-state index contributed by atoms with van der Waals surface area (Å²) >= 11 is 3.53. The Hall–Kier alpha value is -1.68. The SMILES string of the molecule is Cc1ccc(-n2ncc3c(Br)cccc32)cn1. The molecule has 0 bridgehead atoms. The van der Waals surface area contributed by atoms with Crippen molar-refractivity contribution in [2.45, 2.75) is 6.92 Å². The van der Waals surface area contributed by atoms with Gasteiger partial charge in [0.15, 0.2) is 0 Å². The van der Waals surface area contributed by atoms with Gasteiger partial charge < -0.3 is 0 Å². The van der Waals surface area contributed by atoms with E-state index >= 15 is 0 Å². The number of pyridine rings is 1. The zero-order valence-corrected chi connectivity index (χ0v) is 10.8. The Bertz CT molecular complexity index is 671. The standard InChI is InChI=1S/C13H10BrN3/c1-9-5-6-10(7-15-9)17-13-4-2-3-12(14)11(13)8-16-17/h2-8H,1H3. The molecule has 4 heteroatoms. The van der Waals surface area contributed by atoms with Gasteiger partial charge in [-0.3, -0.25) is 4.98 Å². The minimum atomic E-state index is 0.976. The Kier molecular flexibility index (Phi) is 2.44. The zero-order valence-electron chi connectivity index (χ0n) is 9.26. The molecule has 2 heterocycles. The third-order valence-electron chi connectivity index (χ3n) is 2.70. The van der Waals surface area contributed by atoms with E-state index in [0.717, 1.165) is 26.8 Å². The van der Waals surface area contributed by atoms with Gasteiger partial charge in [-0.25, -0.2) is 4.68 Å². The van der Waals surface area contributed by atoms with E-state index in [1.807, 2.05) is 54.3 Å². The van der Waals surface area contributed by atoms with Crippen LogP contribution in [-0.4, -0.2) is 14.8 Å². The Labute approximate surface area is 107 Å². The fourth-order valence-corrected chi connectivity index (χ4v) is 2.26. The van der Waals surface area contributed by atoms with Crippen molar-refractivity contribution >= 4 is 26.8 Å². The van der Waals surface area contributed by atoms with Crippen LogP contribution in [0.4, 0.5) is 0 Å². The maximum Gasteiger partial charge on any atom is 0.0836 e. The van der Waals surface area contributed by atoms with Crippen molar-refractivity contribution < 1.29 is 0 Å². The van der Waals surface area contributed by atoms with E-state index in [9.17, 15) is 0 Å². The number of aromatic nitrogens is 3. The average molecular weight is 288 g/mol. The number of hydrogen-bond acceptors (Lipinski definition) is 2. The molecule has 0 aliphatic rings. The molecule has 0 saturated carbocycles. The molecular formula is C13H10BrN3. The number of halogens is 1. The van der Waals surface area contributed by atoms with Crippen LogP contribution in [0.25, 0.3) is 16.6 Å². The molecule has 0 unspecified atom stereocenters. The topological polar surface area (TPSA) is 30.7 Å². The van der Waals surface area contributed by atoms with E-state index < -0.39 is 0 Å². The molecule has 84 valence electrons. The molecule has 0 saturated heterocycles. The summed E-state index contributed by atoms with van der Waals surface area (Å²) in [4.78, 5) is 4.29. The molecule has 0 fully saturated rings. The van der Waals surface area contributed by atoms with E-state index in [2.05, 4.69) is 26.0 Å². The predicted octanol–water partition coefficient (Wildman–Crippen LogP) is 3.49. The Morgan fingerprint density at radius 2 is 2.00 bits per heavy atom. The molecule has 0 spiro atoms. The first-order valence-corrected chi connectivity index (χ1v) is 6.10. The molecule has 3 aromatic rings. The second kappa shape index (κ2) is 3.96. The molecule has 0 N–H and O–H groups in total. The van der Waals surface area contributed by atoms with Crippen molar-refractivity contribution in [3.05, 3.63) is 52.9 Å². The monoisotopic (exact) mass is 287 g/mol.